The summed E-state index contributed by atoms with van der Waals surface area (Å²) in [5.74, 6) is 0. The Labute approximate surface area is 150 Å². The zero-order valence-electron chi connectivity index (χ0n) is 13.6. The second-order valence-electron chi connectivity index (χ2n) is 5.74. The van der Waals surface area contributed by atoms with Crippen LogP contribution >= 0.6 is 12.6 Å². The number of nitrogens with one attached hydrogen (secondary N) is 2. The summed E-state index contributed by atoms with van der Waals surface area (Å²) in [7, 11) is 0. The van der Waals surface area contributed by atoms with Gasteiger partial charge in [-0.05, 0) is 36.1 Å². The van der Waals surface area contributed by atoms with Gasteiger partial charge in [0.05, 0.1) is 11.4 Å². The first-order valence-corrected chi connectivity index (χ1v) is 8.21. The highest BCUT2D eigenvalue weighted by Crippen LogP contribution is 2.30. The van der Waals surface area contributed by atoms with Gasteiger partial charge in [0.25, 0.3) is 10.8 Å². The third kappa shape index (κ3) is 4.16. The Bertz CT molecular complexity index is 968. The summed E-state index contributed by atoms with van der Waals surface area (Å²) in [5, 5.41) is 8.83. The van der Waals surface area contributed by atoms with E-state index in [0.717, 1.165) is 23.1 Å². The number of carbonyl (C=O) groups is 1. The summed E-state index contributed by atoms with van der Waals surface area (Å²) in [6.07, 6.45) is 0.745. The molecule has 25 heavy (non-hydrogen) atoms. The molecule has 2 N–H and O–H groups in total. The highest BCUT2D eigenvalue weighted by atomic mass is 32.1. The number of H-pyrrole nitrogens is 1. The van der Waals surface area contributed by atoms with Gasteiger partial charge in [-0.15, -0.1) is 0 Å². The number of aromatic amines is 1. The maximum Gasteiger partial charge on any atom is 0.280 e. The summed E-state index contributed by atoms with van der Waals surface area (Å²) in [4.78, 5) is 22.9. The molecular formula is C19H17N3O2S. The van der Waals surface area contributed by atoms with E-state index >= 15 is 0 Å². The molecule has 0 atom stereocenters. The van der Waals surface area contributed by atoms with Gasteiger partial charge in [0, 0.05) is 11.6 Å². The molecule has 0 unspecified atom stereocenters. The average Bonchev–Trinajstić information content (AvgIpc) is 2.56. The van der Waals surface area contributed by atoms with Crippen molar-refractivity contribution in [3.05, 3.63) is 81.6 Å². The van der Waals surface area contributed by atoms with Gasteiger partial charge in [-0.3, -0.25) is 9.59 Å². The van der Waals surface area contributed by atoms with Crippen LogP contribution in [0.2, 0.25) is 0 Å². The molecule has 3 aromatic rings. The van der Waals surface area contributed by atoms with E-state index < -0.39 is 5.24 Å². The summed E-state index contributed by atoms with van der Waals surface area (Å²) in [6, 6.07) is 17.3. The number of amides is 1. The van der Waals surface area contributed by atoms with Crippen molar-refractivity contribution in [1.82, 2.24) is 10.2 Å². The van der Waals surface area contributed by atoms with Gasteiger partial charge in [-0.1, -0.05) is 55.1 Å². The number of anilines is 1. The predicted molar refractivity (Wildman–Crippen MR) is 102 cm³/mol. The van der Waals surface area contributed by atoms with E-state index in [0.29, 0.717) is 11.4 Å². The molecule has 6 heteroatoms. The Balaban J connectivity index is 2.03. The molecule has 0 spiro atoms. The number of carbonyl (C=O) groups excluding carboxylic acids is 1. The minimum atomic E-state index is -0.458. The molecular weight excluding hydrogens is 334 g/mol. The van der Waals surface area contributed by atoms with Gasteiger partial charge >= 0.3 is 0 Å². The zero-order chi connectivity index (χ0) is 17.8. The van der Waals surface area contributed by atoms with E-state index in [1.165, 1.54) is 11.6 Å². The van der Waals surface area contributed by atoms with Gasteiger partial charge in [0.1, 0.15) is 0 Å². The Morgan fingerprint density at radius 3 is 2.56 bits per heavy atom. The van der Waals surface area contributed by atoms with E-state index in [4.69, 9.17) is 0 Å². The monoisotopic (exact) mass is 351 g/mol. The van der Waals surface area contributed by atoms with Gasteiger partial charge in [0.15, 0.2) is 0 Å². The number of aryl methyl sites for hydroxylation is 1. The topological polar surface area (TPSA) is 74.8 Å². The third-order valence-electron chi connectivity index (χ3n) is 3.83. The van der Waals surface area contributed by atoms with Crippen LogP contribution in [0, 0.1) is 6.92 Å². The van der Waals surface area contributed by atoms with Crippen molar-refractivity contribution in [2.24, 2.45) is 0 Å². The van der Waals surface area contributed by atoms with Gasteiger partial charge in [-0.25, -0.2) is 5.10 Å². The smallest absolute Gasteiger partial charge is 0.280 e. The van der Waals surface area contributed by atoms with E-state index in [1.54, 1.807) is 0 Å². The van der Waals surface area contributed by atoms with Crippen LogP contribution in [0.15, 0.2) is 59.4 Å². The summed E-state index contributed by atoms with van der Waals surface area (Å²) in [5.41, 5.74) is 4.65. The largest absolute Gasteiger partial charge is 0.316 e. The Morgan fingerprint density at radius 2 is 1.88 bits per heavy atom. The van der Waals surface area contributed by atoms with Gasteiger partial charge in [-0.2, -0.15) is 5.10 Å². The van der Waals surface area contributed by atoms with E-state index in [-0.39, 0.29) is 5.56 Å². The van der Waals surface area contributed by atoms with Gasteiger partial charge in [0.2, 0.25) is 0 Å². The molecule has 0 bridgehead atoms. The van der Waals surface area contributed by atoms with Crippen LogP contribution in [0.1, 0.15) is 16.7 Å². The van der Waals surface area contributed by atoms with Crippen molar-refractivity contribution in [1.29, 1.82) is 0 Å². The van der Waals surface area contributed by atoms with E-state index in [1.807, 2.05) is 43.3 Å². The molecule has 1 aromatic heterocycles. The molecule has 3 rings (SSSR count). The van der Waals surface area contributed by atoms with Gasteiger partial charge < -0.3 is 5.32 Å². The van der Waals surface area contributed by atoms with Crippen LogP contribution in [-0.4, -0.2) is 15.4 Å². The SMILES string of the molecule is Cc1cc(=O)[nH]nc1-c1ccc(Cc2ccccc2)cc1NC(=O)S. The highest BCUT2D eigenvalue weighted by molar-refractivity contribution is 7.96. The molecule has 1 heterocycles. The minimum absolute atomic E-state index is 0.262. The summed E-state index contributed by atoms with van der Waals surface area (Å²) in [6.45, 7) is 1.81. The molecule has 0 fully saturated rings. The van der Waals surface area contributed by atoms with Crippen LogP contribution in [0.25, 0.3) is 11.3 Å². The number of hydrogen-bond acceptors (Lipinski definition) is 3. The van der Waals surface area contributed by atoms with Crippen LogP contribution < -0.4 is 10.9 Å². The molecule has 2 aromatic carbocycles. The van der Waals surface area contributed by atoms with Crippen molar-refractivity contribution in [2.75, 3.05) is 5.32 Å². The standard InChI is InChI=1S/C19H17N3O2S/c1-12-9-17(23)21-22-18(12)15-8-7-14(11-16(15)20-19(24)25)10-13-5-3-2-4-6-13/h2-9,11H,10H2,1H3,(H,21,23)(H2,20,24,25). The average molecular weight is 351 g/mol. The maximum absolute atomic E-state index is 11.5. The Morgan fingerprint density at radius 1 is 1.12 bits per heavy atom. The molecule has 126 valence electrons. The molecule has 0 aliphatic carbocycles. The lowest BCUT2D eigenvalue weighted by Crippen LogP contribution is -2.10. The second-order valence-corrected chi connectivity index (χ2v) is 6.14. The fourth-order valence-electron chi connectivity index (χ4n) is 2.73. The number of benzene rings is 2. The normalized spacial score (nSPS) is 10.5. The minimum Gasteiger partial charge on any atom is -0.316 e. The van der Waals surface area contributed by atoms with Crippen molar-refractivity contribution in [3.8, 4) is 11.3 Å². The Hall–Kier alpha value is -2.86. The molecule has 0 radical (unpaired) electrons. The quantitative estimate of drug-likeness (QED) is 0.626. The first-order valence-electron chi connectivity index (χ1n) is 7.76. The fraction of sp³-hybridized carbons (Fsp3) is 0.105. The van der Waals surface area contributed by atoms with Crippen LogP contribution in [-0.2, 0) is 6.42 Å². The van der Waals surface area contributed by atoms with Crippen molar-refractivity contribution in [3.63, 3.8) is 0 Å². The molecule has 0 aliphatic heterocycles. The molecule has 5 nitrogen and oxygen atoms in total. The highest BCUT2D eigenvalue weighted by Gasteiger charge is 2.12. The van der Waals surface area contributed by atoms with E-state index in [2.05, 4.69) is 40.3 Å². The van der Waals surface area contributed by atoms with Crippen LogP contribution in [0.3, 0.4) is 0 Å². The lowest BCUT2D eigenvalue weighted by atomic mass is 9.99. The predicted octanol–water partition coefficient (Wildman–Crippen LogP) is 3.80. The number of aromatic nitrogens is 2. The number of thiol groups is 1. The van der Waals surface area contributed by atoms with Crippen molar-refractivity contribution >= 4 is 23.6 Å². The molecule has 0 aliphatic rings. The zero-order valence-corrected chi connectivity index (χ0v) is 14.5. The summed E-state index contributed by atoms with van der Waals surface area (Å²) >= 11 is 3.82. The molecule has 0 saturated carbocycles. The summed E-state index contributed by atoms with van der Waals surface area (Å²) < 4.78 is 0. The fourth-order valence-corrected chi connectivity index (χ4v) is 2.85. The first-order chi connectivity index (χ1) is 12.0. The molecule has 0 saturated heterocycles. The van der Waals surface area contributed by atoms with Crippen LogP contribution in [0.4, 0.5) is 10.5 Å². The van der Waals surface area contributed by atoms with Crippen molar-refractivity contribution in [2.45, 2.75) is 13.3 Å². The Kier molecular flexibility index (Phi) is 5.00. The number of hydrogen-bond donors (Lipinski definition) is 3. The first kappa shape index (κ1) is 17.0. The second kappa shape index (κ2) is 7.36. The van der Waals surface area contributed by atoms with Crippen molar-refractivity contribution < 1.29 is 4.79 Å². The lowest BCUT2D eigenvalue weighted by molar-refractivity contribution is 0.270. The maximum atomic E-state index is 11.5. The lowest BCUT2D eigenvalue weighted by Gasteiger charge is -2.13. The number of nitrogens with zero attached hydrogens (tertiary/aromatic N) is 1. The van der Waals surface area contributed by atoms with E-state index in [9.17, 15) is 9.59 Å². The van der Waals surface area contributed by atoms with Crippen LogP contribution in [0.5, 0.6) is 0 Å². The third-order valence-corrected chi connectivity index (χ3v) is 3.94. The number of rotatable bonds is 4. The molecule has 1 amide bonds.